The molecule has 3 N–H and O–H groups in total. The molecule has 1 heterocycles. The van der Waals surface area contributed by atoms with Crippen molar-refractivity contribution >= 4 is 17.8 Å². The summed E-state index contributed by atoms with van der Waals surface area (Å²) in [6, 6.07) is -0.825. The molecule has 1 rings (SSSR count). The van der Waals surface area contributed by atoms with Gasteiger partial charge in [0.2, 0.25) is 5.91 Å². The molecule has 2 atom stereocenters. The Kier molecular flexibility index (Phi) is 7.05. The minimum Gasteiger partial charge on any atom is -0.444 e. The monoisotopic (exact) mass is 340 g/mol. The van der Waals surface area contributed by atoms with Crippen molar-refractivity contribution in [3.05, 3.63) is 0 Å². The molecule has 7 heteroatoms. The molecule has 1 aliphatic rings. The topological polar surface area (TPSA) is 97.0 Å². The van der Waals surface area contributed by atoms with Crippen LogP contribution in [0.5, 0.6) is 0 Å². The van der Waals surface area contributed by atoms with Gasteiger partial charge in [-0.15, -0.1) is 0 Å². The van der Waals surface area contributed by atoms with Crippen LogP contribution in [0.25, 0.3) is 0 Å². The molecule has 0 aromatic carbocycles. The van der Waals surface area contributed by atoms with E-state index in [9.17, 15) is 9.59 Å². The first-order valence-corrected chi connectivity index (χ1v) is 8.66. The van der Waals surface area contributed by atoms with E-state index < -0.39 is 17.7 Å². The van der Waals surface area contributed by atoms with E-state index in [0.29, 0.717) is 18.9 Å². The second-order valence-corrected chi connectivity index (χ2v) is 7.46. The molecule has 1 saturated heterocycles. The number of nitrogens with two attached hydrogens (primary N) is 1. The van der Waals surface area contributed by atoms with Gasteiger partial charge < -0.3 is 20.7 Å². The van der Waals surface area contributed by atoms with Crippen molar-refractivity contribution in [2.45, 2.75) is 72.1 Å². The average molecular weight is 340 g/mol. The molecule has 24 heavy (non-hydrogen) atoms. The van der Waals surface area contributed by atoms with Crippen molar-refractivity contribution in [1.82, 2.24) is 10.2 Å². The average Bonchev–Trinajstić information content (AvgIpc) is 2.91. The maximum Gasteiger partial charge on any atom is 0.408 e. The minimum atomic E-state index is -0.644. The van der Waals surface area contributed by atoms with Crippen molar-refractivity contribution in [3.8, 4) is 0 Å². The van der Waals surface area contributed by atoms with Gasteiger partial charge in [-0.25, -0.2) is 4.79 Å². The highest BCUT2D eigenvalue weighted by Crippen LogP contribution is 2.20. The van der Waals surface area contributed by atoms with Crippen LogP contribution in [0, 0.1) is 5.92 Å². The number of nitrogens with zero attached hydrogens (tertiary/aromatic N) is 2. The number of ether oxygens (including phenoxy) is 1. The molecule has 138 valence electrons. The van der Waals surface area contributed by atoms with Gasteiger partial charge in [0.15, 0.2) is 0 Å². The summed E-state index contributed by atoms with van der Waals surface area (Å²) in [5, 5.41) is 2.71. The fourth-order valence-electron chi connectivity index (χ4n) is 2.75. The van der Waals surface area contributed by atoms with Crippen molar-refractivity contribution < 1.29 is 14.3 Å². The van der Waals surface area contributed by atoms with Crippen molar-refractivity contribution in [1.29, 1.82) is 0 Å². The number of rotatable bonds is 5. The van der Waals surface area contributed by atoms with Gasteiger partial charge in [-0.1, -0.05) is 13.8 Å². The SMILES string of the molecule is CCN=C(N)[C@@H]1CCCN1C(=O)[C@@H](NC(=O)OC(C)(C)C)C(C)C. The molecule has 0 bridgehead atoms. The first-order valence-electron chi connectivity index (χ1n) is 8.66. The molecular formula is C17H32N4O3. The number of amides is 2. The summed E-state index contributed by atoms with van der Waals surface area (Å²) in [6.45, 7) is 12.3. The Hall–Kier alpha value is -1.79. The van der Waals surface area contributed by atoms with Crippen molar-refractivity contribution in [2.24, 2.45) is 16.6 Å². The third-order valence-corrected chi connectivity index (χ3v) is 3.82. The quantitative estimate of drug-likeness (QED) is 0.590. The lowest BCUT2D eigenvalue weighted by molar-refractivity contribution is -0.134. The van der Waals surface area contributed by atoms with Crippen LogP contribution >= 0.6 is 0 Å². The van der Waals surface area contributed by atoms with E-state index in [-0.39, 0.29) is 17.9 Å². The van der Waals surface area contributed by atoms with Gasteiger partial charge in [0.05, 0.1) is 6.04 Å². The third kappa shape index (κ3) is 5.69. The minimum absolute atomic E-state index is 0.0596. The van der Waals surface area contributed by atoms with Gasteiger partial charge >= 0.3 is 6.09 Å². The van der Waals surface area contributed by atoms with Gasteiger partial charge in [-0.05, 0) is 46.5 Å². The zero-order chi connectivity index (χ0) is 18.5. The number of nitrogens with one attached hydrogen (secondary N) is 1. The first-order chi connectivity index (χ1) is 11.1. The predicted octanol–water partition coefficient (Wildman–Crippen LogP) is 1.90. The van der Waals surface area contributed by atoms with E-state index in [4.69, 9.17) is 10.5 Å². The zero-order valence-electron chi connectivity index (χ0n) is 15.8. The van der Waals surface area contributed by atoms with E-state index in [1.54, 1.807) is 25.7 Å². The standard InChI is InChI=1S/C17H32N4O3/c1-7-19-14(18)12-9-8-10-21(12)15(22)13(11(2)3)20-16(23)24-17(4,5)6/h11-13H,7-10H2,1-6H3,(H2,18,19)(H,20,23)/t12-,13-/m0/s1. The molecule has 0 spiro atoms. The lowest BCUT2D eigenvalue weighted by atomic mass is 10.0. The lowest BCUT2D eigenvalue weighted by Crippen LogP contribution is -2.55. The number of amidine groups is 1. The highest BCUT2D eigenvalue weighted by atomic mass is 16.6. The van der Waals surface area contributed by atoms with E-state index in [1.165, 1.54) is 0 Å². The Morgan fingerprint density at radius 1 is 1.38 bits per heavy atom. The lowest BCUT2D eigenvalue weighted by Gasteiger charge is -2.31. The molecule has 2 amide bonds. The molecule has 0 saturated carbocycles. The molecule has 0 radical (unpaired) electrons. The molecular weight excluding hydrogens is 308 g/mol. The molecule has 1 fully saturated rings. The zero-order valence-corrected chi connectivity index (χ0v) is 15.8. The van der Waals surface area contributed by atoms with Gasteiger partial charge in [0.1, 0.15) is 17.5 Å². The molecule has 0 aromatic rings. The highest BCUT2D eigenvalue weighted by Gasteiger charge is 2.37. The van der Waals surface area contributed by atoms with E-state index >= 15 is 0 Å². The summed E-state index contributed by atoms with van der Waals surface area (Å²) in [6.07, 6.45) is 1.10. The fraction of sp³-hybridized carbons (Fsp3) is 0.824. The Labute approximate surface area is 145 Å². The summed E-state index contributed by atoms with van der Waals surface area (Å²) in [7, 11) is 0. The summed E-state index contributed by atoms with van der Waals surface area (Å²) < 4.78 is 5.27. The predicted molar refractivity (Wildman–Crippen MR) is 94.9 cm³/mol. The number of alkyl carbamates (subject to hydrolysis) is 1. The summed E-state index contributed by atoms with van der Waals surface area (Å²) in [5.41, 5.74) is 5.41. The number of aliphatic imine (C=N–C) groups is 1. The molecule has 7 nitrogen and oxygen atoms in total. The number of hydrogen-bond acceptors (Lipinski definition) is 4. The molecule has 0 unspecified atom stereocenters. The second kappa shape index (κ2) is 8.35. The summed E-state index contributed by atoms with van der Waals surface area (Å²) >= 11 is 0. The maximum absolute atomic E-state index is 13.0. The Morgan fingerprint density at radius 3 is 2.50 bits per heavy atom. The summed E-state index contributed by atoms with van der Waals surface area (Å²) in [4.78, 5) is 31.0. The van der Waals surface area contributed by atoms with Crippen molar-refractivity contribution in [3.63, 3.8) is 0 Å². The number of hydrogen-bond donors (Lipinski definition) is 2. The Balaban J connectivity index is 2.86. The first kappa shape index (κ1) is 20.3. The third-order valence-electron chi connectivity index (χ3n) is 3.82. The van der Waals surface area contributed by atoms with E-state index in [1.807, 2.05) is 20.8 Å². The molecule has 1 aliphatic heterocycles. The molecule has 0 aliphatic carbocycles. The van der Waals surface area contributed by atoms with E-state index in [0.717, 1.165) is 12.8 Å². The Bertz CT molecular complexity index is 483. The van der Waals surface area contributed by atoms with Gasteiger partial charge in [-0.2, -0.15) is 0 Å². The van der Waals surface area contributed by atoms with Crippen molar-refractivity contribution in [2.75, 3.05) is 13.1 Å². The normalized spacial score (nSPS) is 20.2. The van der Waals surface area contributed by atoms with Crippen LogP contribution in [-0.4, -0.2) is 53.5 Å². The van der Waals surface area contributed by atoms with Gasteiger partial charge in [0.25, 0.3) is 0 Å². The second-order valence-electron chi connectivity index (χ2n) is 7.46. The van der Waals surface area contributed by atoms with Crippen LogP contribution in [-0.2, 0) is 9.53 Å². The van der Waals surface area contributed by atoms with Gasteiger partial charge in [0, 0.05) is 13.1 Å². The Morgan fingerprint density at radius 2 is 2.00 bits per heavy atom. The van der Waals surface area contributed by atoms with Crippen LogP contribution in [0.2, 0.25) is 0 Å². The number of carbonyl (C=O) groups excluding carboxylic acids is 2. The van der Waals surface area contributed by atoms with Crippen LogP contribution in [0.1, 0.15) is 54.4 Å². The van der Waals surface area contributed by atoms with Crippen LogP contribution in [0.3, 0.4) is 0 Å². The van der Waals surface area contributed by atoms with Crippen LogP contribution in [0.15, 0.2) is 4.99 Å². The summed E-state index contributed by atoms with van der Waals surface area (Å²) in [5.74, 6) is 0.298. The highest BCUT2D eigenvalue weighted by molar-refractivity contribution is 5.93. The van der Waals surface area contributed by atoms with Gasteiger partial charge in [-0.3, -0.25) is 9.79 Å². The molecule has 0 aromatic heterocycles. The number of likely N-dealkylation sites (tertiary alicyclic amines) is 1. The smallest absolute Gasteiger partial charge is 0.408 e. The maximum atomic E-state index is 13.0. The fourth-order valence-corrected chi connectivity index (χ4v) is 2.75. The largest absolute Gasteiger partial charge is 0.444 e. The van der Waals surface area contributed by atoms with Crippen LogP contribution in [0.4, 0.5) is 4.79 Å². The van der Waals surface area contributed by atoms with E-state index in [2.05, 4.69) is 10.3 Å². The number of carbonyl (C=O) groups is 2. The van der Waals surface area contributed by atoms with Crippen LogP contribution < -0.4 is 11.1 Å².